The Morgan fingerprint density at radius 1 is 1.04 bits per heavy atom. The van der Waals surface area contributed by atoms with Crippen LogP contribution in [0.1, 0.15) is 15.9 Å². The molecule has 0 unspecified atom stereocenters. The monoisotopic (exact) mass is 336 g/mol. The van der Waals surface area contributed by atoms with Crippen LogP contribution in [0.5, 0.6) is 5.75 Å². The second kappa shape index (κ2) is 6.68. The summed E-state index contributed by atoms with van der Waals surface area (Å²) < 4.78 is 0. The van der Waals surface area contributed by atoms with E-state index in [9.17, 15) is 9.90 Å². The summed E-state index contributed by atoms with van der Waals surface area (Å²) in [5.41, 5.74) is 2.33. The molecule has 4 nitrogen and oxygen atoms in total. The molecular weight excluding hydrogens is 320 g/mol. The molecule has 3 N–H and O–H groups in total. The van der Waals surface area contributed by atoms with E-state index in [-0.39, 0.29) is 16.8 Å². The third-order valence-electron chi connectivity index (χ3n) is 3.62. The van der Waals surface area contributed by atoms with Gasteiger partial charge in [-0.15, -0.1) is 0 Å². The molecule has 0 saturated carbocycles. The Hall–Kier alpha value is -2.92. The van der Waals surface area contributed by atoms with Gasteiger partial charge in [0.1, 0.15) is 5.75 Å². The molecule has 0 bridgehead atoms. The SMILES string of the molecule is Cc1cccc(C(=O)NC(=S)Nc2cccc3cc(O)ccc23)c1. The number of amides is 1. The number of aromatic hydroxyl groups is 1. The van der Waals surface area contributed by atoms with Crippen molar-refractivity contribution in [3.63, 3.8) is 0 Å². The Balaban J connectivity index is 1.77. The number of phenols is 1. The average molecular weight is 336 g/mol. The number of hydrogen-bond acceptors (Lipinski definition) is 3. The van der Waals surface area contributed by atoms with Crippen molar-refractivity contribution < 1.29 is 9.90 Å². The number of nitrogens with one attached hydrogen (secondary N) is 2. The molecule has 3 aromatic rings. The maximum Gasteiger partial charge on any atom is 0.257 e. The van der Waals surface area contributed by atoms with E-state index < -0.39 is 0 Å². The first kappa shape index (κ1) is 16.0. The van der Waals surface area contributed by atoms with Crippen LogP contribution in [-0.4, -0.2) is 16.1 Å². The predicted molar refractivity (Wildman–Crippen MR) is 100 cm³/mol. The van der Waals surface area contributed by atoms with E-state index in [1.807, 2.05) is 37.3 Å². The molecule has 5 heteroatoms. The number of phenolic OH excluding ortho intramolecular Hbond substituents is 1. The molecule has 0 aromatic heterocycles. The van der Waals surface area contributed by atoms with Gasteiger partial charge in [-0.2, -0.15) is 0 Å². The van der Waals surface area contributed by atoms with Gasteiger partial charge >= 0.3 is 0 Å². The quantitative estimate of drug-likeness (QED) is 0.620. The molecule has 3 rings (SSSR count). The first-order valence-corrected chi connectivity index (χ1v) is 7.84. The first-order valence-electron chi connectivity index (χ1n) is 7.44. The van der Waals surface area contributed by atoms with Gasteiger partial charge in [-0.1, -0.05) is 29.8 Å². The van der Waals surface area contributed by atoms with E-state index in [0.29, 0.717) is 5.56 Å². The van der Waals surface area contributed by atoms with Crippen LogP contribution in [0.25, 0.3) is 10.8 Å². The summed E-state index contributed by atoms with van der Waals surface area (Å²) in [6.07, 6.45) is 0. The lowest BCUT2D eigenvalue weighted by Gasteiger charge is -2.12. The summed E-state index contributed by atoms with van der Waals surface area (Å²) in [5, 5.41) is 17.3. The molecule has 24 heavy (non-hydrogen) atoms. The molecule has 120 valence electrons. The van der Waals surface area contributed by atoms with Crippen LogP contribution >= 0.6 is 12.2 Å². The molecule has 0 fully saturated rings. The van der Waals surface area contributed by atoms with Crippen LogP contribution in [-0.2, 0) is 0 Å². The van der Waals surface area contributed by atoms with E-state index >= 15 is 0 Å². The van der Waals surface area contributed by atoms with E-state index in [4.69, 9.17) is 12.2 Å². The van der Waals surface area contributed by atoms with Crippen molar-refractivity contribution in [1.82, 2.24) is 5.32 Å². The normalized spacial score (nSPS) is 10.4. The lowest BCUT2D eigenvalue weighted by Crippen LogP contribution is -2.34. The summed E-state index contributed by atoms with van der Waals surface area (Å²) in [6, 6.07) is 18.0. The average Bonchev–Trinajstić information content (AvgIpc) is 2.54. The topological polar surface area (TPSA) is 61.4 Å². The van der Waals surface area contributed by atoms with Crippen molar-refractivity contribution in [2.24, 2.45) is 0 Å². The Morgan fingerprint density at radius 3 is 2.62 bits per heavy atom. The molecule has 0 atom stereocenters. The molecule has 0 aliphatic carbocycles. The largest absolute Gasteiger partial charge is 0.508 e. The summed E-state index contributed by atoms with van der Waals surface area (Å²) in [4.78, 5) is 12.2. The number of hydrogen-bond donors (Lipinski definition) is 3. The van der Waals surface area contributed by atoms with Crippen molar-refractivity contribution >= 4 is 39.7 Å². The number of fused-ring (bicyclic) bond motifs is 1. The van der Waals surface area contributed by atoms with Gasteiger partial charge in [-0.3, -0.25) is 10.1 Å². The molecule has 3 aromatic carbocycles. The molecule has 0 heterocycles. The van der Waals surface area contributed by atoms with E-state index in [1.165, 1.54) is 0 Å². The van der Waals surface area contributed by atoms with Gasteiger partial charge in [0.25, 0.3) is 5.91 Å². The molecule has 1 amide bonds. The Labute approximate surface area is 145 Å². The van der Waals surface area contributed by atoms with Crippen LogP contribution in [0.15, 0.2) is 60.7 Å². The number of benzene rings is 3. The standard InChI is InChI=1S/C19H16N2O2S/c1-12-4-2-6-14(10-12)18(23)21-19(24)20-17-7-3-5-13-11-15(22)8-9-16(13)17/h2-11,22H,1H3,(H2,20,21,23,24). The number of aryl methyl sites for hydroxylation is 1. The summed E-state index contributed by atoms with van der Waals surface area (Å²) in [6.45, 7) is 1.93. The van der Waals surface area contributed by atoms with Crippen LogP contribution in [0.2, 0.25) is 0 Å². The second-order valence-corrected chi connectivity index (χ2v) is 5.90. The van der Waals surface area contributed by atoms with E-state index in [2.05, 4.69) is 10.6 Å². The smallest absolute Gasteiger partial charge is 0.257 e. The molecule has 0 spiro atoms. The fourth-order valence-electron chi connectivity index (χ4n) is 2.50. The van der Waals surface area contributed by atoms with Gasteiger partial charge in [0, 0.05) is 16.6 Å². The zero-order valence-electron chi connectivity index (χ0n) is 13.0. The van der Waals surface area contributed by atoms with Gasteiger partial charge in [-0.05, 0) is 60.9 Å². The summed E-state index contributed by atoms with van der Waals surface area (Å²) >= 11 is 5.24. The van der Waals surface area contributed by atoms with Gasteiger partial charge in [0.2, 0.25) is 0 Å². The maximum atomic E-state index is 12.2. The number of anilines is 1. The predicted octanol–water partition coefficient (Wildman–Crippen LogP) is 3.98. The van der Waals surface area contributed by atoms with E-state index in [0.717, 1.165) is 22.0 Å². The molecule has 0 saturated heterocycles. The van der Waals surface area contributed by atoms with Crippen LogP contribution in [0.4, 0.5) is 5.69 Å². The van der Waals surface area contributed by atoms with Crippen molar-refractivity contribution in [2.75, 3.05) is 5.32 Å². The van der Waals surface area contributed by atoms with Crippen LogP contribution in [0, 0.1) is 6.92 Å². The van der Waals surface area contributed by atoms with Crippen molar-refractivity contribution in [3.8, 4) is 5.75 Å². The number of rotatable bonds is 2. The highest BCUT2D eigenvalue weighted by molar-refractivity contribution is 7.80. The highest BCUT2D eigenvalue weighted by atomic mass is 32.1. The number of carbonyl (C=O) groups excluding carboxylic acids is 1. The maximum absolute atomic E-state index is 12.2. The zero-order valence-corrected chi connectivity index (χ0v) is 13.9. The summed E-state index contributed by atoms with van der Waals surface area (Å²) in [5.74, 6) is -0.0518. The van der Waals surface area contributed by atoms with Gasteiger partial charge in [0.05, 0.1) is 0 Å². The van der Waals surface area contributed by atoms with Crippen molar-refractivity contribution in [3.05, 3.63) is 71.8 Å². The fraction of sp³-hybridized carbons (Fsp3) is 0.0526. The Morgan fingerprint density at radius 2 is 1.83 bits per heavy atom. The molecule has 0 aliphatic rings. The Bertz CT molecular complexity index is 938. The molecule has 0 radical (unpaired) electrons. The molecular formula is C19H16N2O2S. The second-order valence-electron chi connectivity index (χ2n) is 5.49. The van der Waals surface area contributed by atoms with Crippen LogP contribution < -0.4 is 10.6 Å². The molecule has 0 aliphatic heterocycles. The fourth-order valence-corrected chi connectivity index (χ4v) is 2.70. The zero-order chi connectivity index (χ0) is 17.1. The Kier molecular flexibility index (Phi) is 4.44. The van der Waals surface area contributed by atoms with Crippen molar-refractivity contribution in [2.45, 2.75) is 6.92 Å². The lowest BCUT2D eigenvalue weighted by atomic mass is 10.1. The summed E-state index contributed by atoms with van der Waals surface area (Å²) in [7, 11) is 0. The minimum atomic E-state index is -0.255. The van der Waals surface area contributed by atoms with Gasteiger partial charge in [0.15, 0.2) is 5.11 Å². The van der Waals surface area contributed by atoms with Crippen LogP contribution in [0.3, 0.4) is 0 Å². The van der Waals surface area contributed by atoms with Gasteiger partial charge < -0.3 is 10.4 Å². The third kappa shape index (κ3) is 3.52. The minimum Gasteiger partial charge on any atom is -0.508 e. The lowest BCUT2D eigenvalue weighted by molar-refractivity contribution is 0.0977. The third-order valence-corrected chi connectivity index (χ3v) is 3.82. The highest BCUT2D eigenvalue weighted by Crippen LogP contribution is 2.26. The first-order chi connectivity index (χ1) is 11.5. The number of carbonyl (C=O) groups is 1. The van der Waals surface area contributed by atoms with Crippen molar-refractivity contribution in [1.29, 1.82) is 0 Å². The van der Waals surface area contributed by atoms with Gasteiger partial charge in [-0.25, -0.2) is 0 Å². The highest BCUT2D eigenvalue weighted by Gasteiger charge is 2.09. The van der Waals surface area contributed by atoms with E-state index in [1.54, 1.807) is 30.3 Å². The minimum absolute atomic E-state index is 0.204. The number of thiocarbonyl (C=S) groups is 1.